The maximum atomic E-state index is 12.6. The number of nitrogens with zero attached hydrogens (tertiary/aromatic N) is 1. The van der Waals surface area contributed by atoms with Crippen LogP contribution in [0.1, 0.15) is 117 Å². The van der Waals surface area contributed by atoms with Gasteiger partial charge in [0.25, 0.3) is 10.1 Å². The summed E-state index contributed by atoms with van der Waals surface area (Å²) in [7, 11) is -1.91. The highest BCUT2D eigenvalue weighted by Crippen LogP contribution is 2.68. The van der Waals surface area contributed by atoms with Crippen molar-refractivity contribution in [3.05, 3.63) is 0 Å². The molecule has 4 fully saturated rings. The molecule has 0 radical (unpaired) electrons. The second-order valence-corrected chi connectivity index (χ2v) is 16.2. The third kappa shape index (κ3) is 7.41. The van der Waals surface area contributed by atoms with E-state index in [9.17, 15) is 13.2 Å². The van der Waals surface area contributed by atoms with Crippen molar-refractivity contribution >= 4 is 16.0 Å². The van der Waals surface area contributed by atoms with Crippen LogP contribution in [0, 0.1) is 46.3 Å². The van der Waals surface area contributed by atoms with Gasteiger partial charge >= 0.3 is 0 Å². The van der Waals surface area contributed by atoms with E-state index in [-0.39, 0.29) is 11.7 Å². The molecule has 0 aromatic heterocycles. The van der Waals surface area contributed by atoms with E-state index in [1.165, 1.54) is 64.2 Å². The molecule has 39 heavy (non-hydrogen) atoms. The number of carbonyl (C=O) groups excluding carboxylic acids is 1. The third-order valence-corrected chi connectivity index (χ3v) is 13.2. The topological polar surface area (TPSA) is 86.7 Å². The fourth-order valence-electron chi connectivity index (χ4n) is 10.3. The van der Waals surface area contributed by atoms with Crippen LogP contribution >= 0.6 is 0 Å². The first-order valence-corrected chi connectivity index (χ1v) is 18.0. The average molecular weight is 567 g/mol. The molecule has 0 heterocycles. The van der Waals surface area contributed by atoms with Gasteiger partial charge in [-0.25, -0.2) is 0 Å². The van der Waals surface area contributed by atoms with Gasteiger partial charge in [0, 0.05) is 13.0 Å². The highest BCUT2D eigenvalue weighted by molar-refractivity contribution is 7.85. The van der Waals surface area contributed by atoms with Crippen molar-refractivity contribution in [2.45, 2.75) is 117 Å². The molecule has 4 saturated carbocycles. The van der Waals surface area contributed by atoms with Crippen molar-refractivity contribution in [3.63, 3.8) is 0 Å². The van der Waals surface area contributed by atoms with Gasteiger partial charge in [-0.3, -0.25) is 9.35 Å². The Balaban J connectivity index is 1.16. The van der Waals surface area contributed by atoms with E-state index in [0.29, 0.717) is 42.7 Å². The maximum Gasteiger partial charge on any atom is 0.264 e. The minimum atomic E-state index is -3.87. The van der Waals surface area contributed by atoms with Gasteiger partial charge in [0.1, 0.15) is 0 Å². The van der Waals surface area contributed by atoms with Crippen LogP contribution in [-0.2, 0) is 14.9 Å². The van der Waals surface area contributed by atoms with Crippen LogP contribution in [-0.4, -0.2) is 56.2 Å². The molecule has 4 aliphatic rings. The summed E-state index contributed by atoms with van der Waals surface area (Å²) in [5.74, 6) is 5.19. The Morgan fingerprint density at radius 1 is 0.949 bits per heavy atom. The van der Waals surface area contributed by atoms with Crippen molar-refractivity contribution in [3.8, 4) is 0 Å². The summed E-state index contributed by atoms with van der Waals surface area (Å²) in [6.07, 6.45) is 18.5. The predicted molar refractivity (Wildman–Crippen MR) is 159 cm³/mol. The Morgan fingerprint density at radius 3 is 2.46 bits per heavy atom. The first kappa shape index (κ1) is 31.3. The van der Waals surface area contributed by atoms with E-state index in [0.717, 1.165) is 55.4 Å². The number of hydrogen-bond acceptors (Lipinski definition) is 4. The first-order chi connectivity index (χ1) is 18.4. The summed E-state index contributed by atoms with van der Waals surface area (Å²) in [5, 5.41) is 3.13. The number of rotatable bonds is 13. The summed E-state index contributed by atoms with van der Waals surface area (Å²) >= 11 is 0. The Kier molecular flexibility index (Phi) is 10.5. The fourth-order valence-corrected chi connectivity index (χ4v) is 10.8. The van der Waals surface area contributed by atoms with Gasteiger partial charge in [-0.1, -0.05) is 33.6 Å². The second-order valence-electron chi connectivity index (χ2n) is 14.6. The molecule has 0 aromatic rings. The molecular weight excluding hydrogens is 508 g/mol. The summed E-state index contributed by atoms with van der Waals surface area (Å²) in [4.78, 5) is 14.7. The van der Waals surface area contributed by atoms with Gasteiger partial charge in [0.2, 0.25) is 5.91 Å². The van der Waals surface area contributed by atoms with Crippen molar-refractivity contribution in [1.29, 1.82) is 0 Å². The van der Waals surface area contributed by atoms with Gasteiger partial charge in [0.15, 0.2) is 0 Å². The number of unbranched alkanes of at least 4 members (excludes halogenated alkanes) is 1. The van der Waals surface area contributed by atoms with Crippen LogP contribution in [0.25, 0.3) is 0 Å². The van der Waals surface area contributed by atoms with Gasteiger partial charge in [-0.2, -0.15) is 8.42 Å². The van der Waals surface area contributed by atoms with E-state index < -0.39 is 10.1 Å². The van der Waals surface area contributed by atoms with E-state index in [1.54, 1.807) is 0 Å². The Bertz CT molecular complexity index is 925. The summed E-state index contributed by atoms with van der Waals surface area (Å²) < 4.78 is 30.5. The van der Waals surface area contributed by atoms with Gasteiger partial charge in [-0.05, 0) is 144 Å². The highest BCUT2D eigenvalue weighted by atomic mass is 32.2. The zero-order chi connectivity index (χ0) is 28.3. The van der Waals surface area contributed by atoms with Crippen LogP contribution < -0.4 is 5.32 Å². The fraction of sp³-hybridized carbons (Fsp3) is 0.969. The van der Waals surface area contributed by atoms with E-state index in [2.05, 4.69) is 31.0 Å². The molecule has 0 aromatic carbocycles. The summed E-state index contributed by atoms with van der Waals surface area (Å²) in [5.41, 5.74) is 1.09. The lowest BCUT2D eigenvalue weighted by molar-refractivity contribution is -0.122. The molecule has 2 N–H and O–H groups in total. The van der Waals surface area contributed by atoms with Crippen molar-refractivity contribution in [2.24, 2.45) is 46.3 Å². The lowest BCUT2D eigenvalue weighted by Crippen LogP contribution is -2.53. The maximum absolute atomic E-state index is 12.6. The van der Waals surface area contributed by atoms with E-state index >= 15 is 0 Å². The Labute approximate surface area is 239 Å². The molecule has 226 valence electrons. The average Bonchev–Trinajstić information content (AvgIpc) is 3.23. The number of nitrogens with one attached hydrogen (secondary N) is 1. The molecule has 8 atom stereocenters. The highest BCUT2D eigenvalue weighted by Gasteiger charge is 2.60. The van der Waals surface area contributed by atoms with E-state index in [4.69, 9.17) is 4.55 Å². The smallest absolute Gasteiger partial charge is 0.264 e. The Morgan fingerprint density at radius 2 is 1.69 bits per heavy atom. The first-order valence-electron chi connectivity index (χ1n) is 16.3. The monoisotopic (exact) mass is 566 g/mol. The lowest BCUT2D eigenvalue weighted by Gasteiger charge is -2.61. The van der Waals surface area contributed by atoms with Crippen LogP contribution in [0.3, 0.4) is 0 Å². The molecular formula is C32H58N2O4S. The zero-order valence-electron chi connectivity index (χ0n) is 25.4. The lowest BCUT2D eigenvalue weighted by atomic mass is 9.44. The van der Waals surface area contributed by atoms with Crippen LogP contribution in [0.5, 0.6) is 0 Å². The van der Waals surface area contributed by atoms with Crippen molar-refractivity contribution in [2.75, 3.05) is 32.4 Å². The molecule has 4 unspecified atom stereocenters. The minimum Gasteiger partial charge on any atom is -0.356 e. The molecule has 4 rings (SSSR count). The van der Waals surface area contributed by atoms with Crippen LogP contribution in [0.2, 0.25) is 0 Å². The van der Waals surface area contributed by atoms with Gasteiger partial charge in [-0.15, -0.1) is 0 Å². The number of fused-ring (bicyclic) bond motifs is 5. The minimum absolute atomic E-state index is 0.187. The molecule has 7 heteroatoms. The molecule has 0 bridgehead atoms. The second kappa shape index (κ2) is 13.1. The molecule has 0 saturated heterocycles. The third-order valence-electron chi connectivity index (χ3n) is 12.4. The van der Waals surface area contributed by atoms with Crippen molar-refractivity contribution in [1.82, 2.24) is 10.2 Å². The number of carbonyl (C=O) groups is 1. The number of amides is 1. The summed E-state index contributed by atoms with van der Waals surface area (Å²) in [6, 6.07) is 0. The van der Waals surface area contributed by atoms with Gasteiger partial charge < -0.3 is 10.2 Å². The summed E-state index contributed by atoms with van der Waals surface area (Å²) in [6.45, 7) is 9.95. The molecule has 6 nitrogen and oxygen atoms in total. The standard InChI is InChI=1S/C32H58N2O4S/c1-24(11-16-30(35)33-20-7-8-21-34(4)22-9-23-39(36,37)38)27-14-15-28-26-13-12-25-10-5-6-18-31(25,2)29(26)17-19-32(27,28)3/h24-29H,5-23H2,1-4H3,(H,33,35)(H,36,37,38)/t24-,25?,26?,27-,28?,29?,31+,32-/m1/s1. The zero-order valence-corrected chi connectivity index (χ0v) is 26.2. The molecule has 4 aliphatic carbocycles. The normalized spacial score (nSPS) is 37.1. The Hall–Kier alpha value is -0.660. The molecule has 0 spiro atoms. The van der Waals surface area contributed by atoms with E-state index in [1.807, 2.05) is 7.05 Å². The predicted octanol–water partition coefficient (Wildman–Crippen LogP) is 6.56. The number of hydrogen-bond donors (Lipinski definition) is 2. The molecule has 1 amide bonds. The van der Waals surface area contributed by atoms with Crippen molar-refractivity contribution < 1.29 is 17.8 Å². The quantitative estimate of drug-likeness (QED) is 0.195. The molecule has 0 aliphatic heterocycles. The van der Waals surface area contributed by atoms with Gasteiger partial charge in [0.05, 0.1) is 5.75 Å². The SMILES string of the molecule is C[C@H](CCC(=O)NCCCCN(C)CCCS(=O)(=O)O)[C@H]1CCC2C3CCC4CCCC[C@]4(C)C3CC[C@@]21C. The largest absolute Gasteiger partial charge is 0.356 e. The van der Waals surface area contributed by atoms with Crippen LogP contribution in [0.4, 0.5) is 0 Å². The van der Waals surface area contributed by atoms with Crippen LogP contribution in [0.15, 0.2) is 0 Å².